The SMILES string of the molecule is CCC1(c2nc(-c3cc(C#N)ccc3-n3c4ccccc4c4ccc5oc6ccccc6c5c43)nc(C34CC5CC(CC(C5)C3)C4)n2)CC2CC(C)CC(C2)C1. The third-order valence-electron chi connectivity index (χ3n) is 15.6. The van der Waals surface area contributed by atoms with Crippen molar-refractivity contribution in [3.8, 4) is 23.1 Å². The molecule has 6 aliphatic carbocycles. The van der Waals surface area contributed by atoms with E-state index in [4.69, 9.17) is 19.4 Å². The Balaban J connectivity index is 1.14. The summed E-state index contributed by atoms with van der Waals surface area (Å²) < 4.78 is 8.89. The van der Waals surface area contributed by atoms with Crippen molar-refractivity contribution in [3.05, 3.63) is 96.1 Å². The standard InChI is InChI=1S/C50H49N5O/c1-3-49(23-31-16-29(2)17-32(18-31)24-49)47-52-46(53-48(54-47)50-25-33-19-34(26-50)21-35(20-33)27-50)39-22-30(28-51)12-14-41(39)55-40-10-6-4-8-36(40)37-13-15-43-44(45(37)55)38-9-5-7-11-42(38)56-43/h4-15,22,29,31-35H,3,16-21,23-27H2,1-2H3. The number of nitrogens with zero attached hydrogens (tertiary/aromatic N) is 5. The predicted molar refractivity (Wildman–Crippen MR) is 223 cm³/mol. The van der Waals surface area contributed by atoms with Gasteiger partial charge in [-0.15, -0.1) is 0 Å². The van der Waals surface area contributed by atoms with Crippen LogP contribution in [0.2, 0.25) is 0 Å². The Morgan fingerprint density at radius 3 is 2.07 bits per heavy atom. The van der Waals surface area contributed by atoms with Crippen LogP contribution in [0.5, 0.6) is 0 Å². The van der Waals surface area contributed by atoms with Gasteiger partial charge in [0.1, 0.15) is 22.8 Å². The topological polar surface area (TPSA) is 80.5 Å². The van der Waals surface area contributed by atoms with E-state index in [0.29, 0.717) is 5.56 Å². The van der Waals surface area contributed by atoms with Gasteiger partial charge >= 0.3 is 0 Å². The number of hydrogen-bond acceptors (Lipinski definition) is 5. The molecule has 6 bridgehead atoms. The second kappa shape index (κ2) is 12.0. The Kier molecular flexibility index (Phi) is 7.10. The predicted octanol–water partition coefficient (Wildman–Crippen LogP) is 12.4. The van der Waals surface area contributed by atoms with Gasteiger partial charge in [0.05, 0.1) is 33.7 Å². The summed E-state index contributed by atoms with van der Waals surface area (Å²) in [6.45, 7) is 4.85. The summed E-state index contributed by atoms with van der Waals surface area (Å²) in [4.78, 5) is 17.1. The van der Waals surface area contributed by atoms with Crippen LogP contribution in [0.1, 0.15) is 108 Å². The number of nitriles is 1. The summed E-state index contributed by atoms with van der Waals surface area (Å²) in [7, 11) is 0. The van der Waals surface area contributed by atoms with Crippen LogP contribution in [-0.4, -0.2) is 19.5 Å². The smallest absolute Gasteiger partial charge is 0.165 e. The zero-order chi connectivity index (χ0) is 37.3. The molecule has 0 spiro atoms. The third kappa shape index (κ3) is 4.82. The zero-order valence-electron chi connectivity index (χ0n) is 32.6. The number of benzene rings is 4. The summed E-state index contributed by atoms with van der Waals surface area (Å²) in [5.74, 6) is 7.40. The maximum Gasteiger partial charge on any atom is 0.165 e. The molecule has 56 heavy (non-hydrogen) atoms. The highest BCUT2D eigenvalue weighted by atomic mass is 16.3. The average molecular weight is 736 g/mol. The molecule has 0 amide bonds. The van der Waals surface area contributed by atoms with Crippen molar-refractivity contribution in [2.45, 2.75) is 102 Å². The van der Waals surface area contributed by atoms with Gasteiger partial charge in [0.25, 0.3) is 0 Å². The number of furan rings is 1. The largest absolute Gasteiger partial charge is 0.456 e. The van der Waals surface area contributed by atoms with E-state index in [-0.39, 0.29) is 10.8 Å². The third-order valence-corrected chi connectivity index (χ3v) is 15.6. The van der Waals surface area contributed by atoms with E-state index in [1.807, 2.05) is 12.1 Å². The van der Waals surface area contributed by atoms with Gasteiger partial charge in [0.2, 0.25) is 0 Å². The molecule has 2 atom stereocenters. The van der Waals surface area contributed by atoms with E-state index in [1.165, 1.54) is 68.6 Å². The first-order valence-electron chi connectivity index (χ1n) is 21.5. The quantitative estimate of drug-likeness (QED) is 0.176. The van der Waals surface area contributed by atoms with Gasteiger partial charge in [0.15, 0.2) is 5.82 Å². The van der Waals surface area contributed by atoms with Crippen LogP contribution < -0.4 is 0 Å². The molecule has 6 fully saturated rings. The molecule has 6 nitrogen and oxygen atoms in total. The summed E-state index contributed by atoms with van der Waals surface area (Å²) in [6.07, 6.45) is 15.1. The average Bonchev–Trinajstić information content (AvgIpc) is 3.75. The minimum atomic E-state index is -0.0653. The fraction of sp³-hybridized carbons (Fsp3) is 0.440. The lowest BCUT2D eigenvalue weighted by Crippen LogP contribution is -2.50. The van der Waals surface area contributed by atoms with E-state index in [0.717, 1.165) is 116 Å². The number of hydrogen-bond donors (Lipinski definition) is 0. The molecular formula is C50H49N5O. The van der Waals surface area contributed by atoms with Gasteiger partial charge in [-0.2, -0.15) is 5.26 Å². The number of para-hydroxylation sites is 2. The molecule has 6 aliphatic rings. The minimum Gasteiger partial charge on any atom is -0.456 e. The van der Waals surface area contributed by atoms with Crippen molar-refractivity contribution >= 4 is 43.7 Å². The Morgan fingerprint density at radius 1 is 0.696 bits per heavy atom. The van der Waals surface area contributed by atoms with Crippen LogP contribution in [0.15, 0.2) is 83.3 Å². The molecule has 0 radical (unpaired) electrons. The van der Waals surface area contributed by atoms with Gasteiger partial charge < -0.3 is 8.98 Å². The Morgan fingerprint density at radius 2 is 1.36 bits per heavy atom. The summed E-state index contributed by atoms with van der Waals surface area (Å²) in [5.41, 5.74) is 6.42. The van der Waals surface area contributed by atoms with E-state index >= 15 is 0 Å². The van der Waals surface area contributed by atoms with Gasteiger partial charge in [-0.1, -0.05) is 50.2 Å². The minimum absolute atomic E-state index is 0.0108. The molecule has 0 aliphatic heterocycles. The molecule has 0 N–H and O–H groups in total. The molecule has 280 valence electrons. The highest BCUT2D eigenvalue weighted by Gasteiger charge is 2.54. The van der Waals surface area contributed by atoms with Crippen LogP contribution in [0.3, 0.4) is 0 Å². The second-order valence-corrected chi connectivity index (χ2v) is 19.2. The number of fused-ring (bicyclic) bond motifs is 9. The van der Waals surface area contributed by atoms with Crippen molar-refractivity contribution in [1.29, 1.82) is 5.26 Å². The molecule has 2 unspecified atom stereocenters. The highest BCUT2D eigenvalue weighted by molar-refractivity contribution is 6.24. The molecule has 13 rings (SSSR count). The van der Waals surface area contributed by atoms with Crippen molar-refractivity contribution in [2.24, 2.45) is 35.5 Å². The first-order chi connectivity index (χ1) is 27.4. The molecule has 3 heterocycles. The van der Waals surface area contributed by atoms with Crippen molar-refractivity contribution in [2.75, 3.05) is 0 Å². The van der Waals surface area contributed by atoms with Crippen LogP contribution in [0, 0.1) is 46.8 Å². The van der Waals surface area contributed by atoms with E-state index in [2.05, 4.69) is 91.2 Å². The first-order valence-corrected chi connectivity index (χ1v) is 21.5. The Labute approximate surface area is 328 Å². The monoisotopic (exact) mass is 735 g/mol. The molecule has 3 aromatic heterocycles. The van der Waals surface area contributed by atoms with Gasteiger partial charge in [-0.25, -0.2) is 15.0 Å². The van der Waals surface area contributed by atoms with Crippen molar-refractivity contribution in [1.82, 2.24) is 19.5 Å². The number of rotatable bonds is 5. The second-order valence-electron chi connectivity index (χ2n) is 19.2. The maximum absolute atomic E-state index is 10.4. The zero-order valence-corrected chi connectivity index (χ0v) is 32.6. The van der Waals surface area contributed by atoms with E-state index in [9.17, 15) is 5.26 Å². The molecule has 7 aromatic rings. The normalized spacial score (nSPS) is 30.8. The van der Waals surface area contributed by atoms with Crippen LogP contribution in [-0.2, 0) is 10.8 Å². The molecule has 6 saturated carbocycles. The van der Waals surface area contributed by atoms with Crippen LogP contribution in [0.4, 0.5) is 0 Å². The maximum atomic E-state index is 10.4. The first kappa shape index (κ1) is 33.2. The van der Waals surface area contributed by atoms with Gasteiger partial charge in [-0.05, 0) is 155 Å². The lowest BCUT2D eigenvalue weighted by Gasteiger charge is -2.56. The molecule has 6 heteroatoms. The van der Waals surface area contributed by atoms with E-state index < -0.39 is 0 Å². The molecule has 4 aromatic carbocycles. The van der Waals surface area contributed by atoms with Gasteiger partial charge in [0, 0.05) is 32.6 Å². The highest BCUT2D eigenvalue weighted by Crippen LogP contribution is 2.61. The number of aromatic nitrogens is 4. The Bertz CT molecular complexity index is 2730. The summed E-state index contributed by atoms with van der Waals surface area (Å²) >= 11 is 0. The van der Waals surface area contributed by atoms with E-state index in [1.54, 1.807) is 0 Å². The molecular weight excluding hydrogens is 687 g/mol. The lowest BCUT2D eigenvalue weighted by atomic mass is 9.49. The van der Waals surface area contributed by atoms with Crippen LogP contribution in [0.25, 0.3) is 60.8 Å². The van der Waals surface area contributed by atoms with Crippen molar-refractivity contribution in [3.63, 3.8) is 0 Å². The lowest BCUT2D eigenvalue weighted by molar-refractivity contribution is -0.00995. The summed E-state index contributed by atoms with van der Waals surface area (Å²) in [6, 6.07) is 30.0. The van der Waals surface area contributed by atoms with Crippen LogP contribution >= 0.6 is 0 Å². The van der Waals surface area contributed by atoms with Crippen molar-refractivity contribution < 1.29 is 4.42 Å². The Hall–Kier alpha value is -5.02. The fourth-order valence-electron chi connectivity index (χ4n) is 13.9. The molecule has 0 saturated heterocycles. The fourth-order valence-corrected chi connectivity index (χ4v) is 13.9. The summed E-state index contributed by atoms with van der Waals surface area (Å²) in [5, 5.41) is 15.0. The van der Waals surface area contributed by atoms with Gasteiger partial charge in [-0.3, -0.25) is 0 Å².